The monoisotopic (exact) mass is 353 g/mol. The molecular weight excluding hydrogens is 330 g/mol. The standard InChI is InChI=1S/C12H23N5O3S.ClH/c1-4-17(5-2)21(18,19)9-11-14-12(15-20-11)10-8-13-6-7-16(10)3;/h10,13H,4-9H2,1-3H3;1H. The molecule has 1 aliphatic rings. The lowest BCUT2D eigenvalue weighted by atomic mass is 10.2. The van der Waals surface area contributed by atoms with Gasteiger partial charge in [0.1, 0.15) is 5.75 Å². The molecule has 2 heterocycles. The van der Waals surface area contributed by atoms with Crippen molar-refractivity contribution in [3.8, 4) is 0 Å². The molecule has 2 rings (SSSR count). The third-order valence-electron chi connectivity index (χ3n) is 3.70. The Hall–Kier alpha value is -0.740. The number of nitrogens with one attached hydrogen (secondary N) is 1. The van der Waals surface area contributed by atoms with Crippen LogP contribution in [0.25, 0.3) is 0 Å². The van der Waals surface area contributed by atoms with Crippen molar-refractivity contribution in [3.05, 3.63) is 11.7 Å². The second kappa shape index (κ2) is 8.21. The molecule has 0 saturated carbocycles. The molecule has 0 aromatic carbocycles. The second-order valence-corrected chi connectivity index (χ2v) is 7.06. The first kappa shape index (κ1) is 19.3. The molecule has 0 amide bonds. The van der Waals surface area contributed by atoms with Crippen LogP contribution in [0.1, 0.15) is 31.6 Å². The van der Waals surface area contributed by atoms with Crippen LogP contribution in [0.3, 0.4) is 0 Å². The maximum atomic E-state index is 12.2. The van der Waals surface area contributed by atoms with Gasteiger partial charge in [0.15, 0.2) is 5.82 Å². The number of nitrogens with zero attached hydrogens (tertiary/aromatic N) is 4. The predicted molar refractivity (Wildman–Crippen MR) is 85.3 cm³/mol. The molecule has 1 N–H and O–H groups in total. The van der Waals surface area contributed by atoms with Gasteiger partial charge in [-0.2, -0.15) is 4.98 Å². The number of halogens is 1. The first-order valence-electron chi connectivity index (χ1n) is 7.19. The average Bonchev–Trinajstić information content (AvgIpc) is 2.87. The van der Waals surface area contributed by atoms with Gasteiger partial charge in [-0.15, -0.1) is 12.4 Å². The Morgan fingerprint density at radius 2 is 2.09 bits per heavy atom. The Bertz CT molecular complexity index is 561. The van der Waals surface area contributed by atoms with Crippen LogP contribution in [0.2, 0.25) is 0 Å². The van der Waals surface area contributed by atoms with Crippen molar-refractivity contribution in [2.24, 2.45) is 0 Å². The zero-order valence-corrected chi connectivity index (χ0v) is 14.8. The lowest BCUT2D eigenvalue weighted by molar-refractivity contribution is 0.190. The van der Waals surface area contributed by atoms with Gasteiger partial charge in [-0.05, 0) is 7.05 Å². The zero-order valence-electron chi connectivity index (χ0n) is 13.2. The summed E-state index contributed by atoms with van der Waals surface area (Å²) in [5, 5.41) is 7.20. The first-order chi connectivity index (χ1) is 9.97. The van der Waals surface area contributed by atoms with Crippen LogP contribution in [0.4, 0.5) is 0 Å². The number of rotatable bonds is 6. The molecule has 1 aromatic heterocycles. The van der Waals surface area contributed by atoms with Crippen molar-refractivity contribution in [2.45, 2.75) is 25.6 Å². The topological polar surface area (TPSA) is 91.6 Å². The molecule has 0 spiro atoms. The highest BCUT2D eigenvalue weighted by molar-refractivity contribution is 7.88. The van der Waals surface area contributed by atoms with E-state index in [0.717, 1.165) is 19.6 Å². The Morgan fingerprint density at radius 3 is 2.68 bits per heavy atom. The molecule has 10 heteroatoms. The Labute approximate surface area is 137 Å². The lowest BCUT2D eigenvalue weighted by Gasteiger charge is -2.30. The van der Waals surface area contributed by atoms with E-state index >= 15 is 0 Å². The van der Waals surface area contributed by atoms with E-state index in [1.165, 1.54) is 4.31 Å². The maximum Gasteiger partial charge on any atom is 0.243 e. The molecule has 1 atom stereocenters. The fourth-order valence-corrected chi connectivity index (χ4v) is 3.82. The van der Waals surface area contributed by atoms with E-state index in [4.69, 9.17) is 4.52 Å². The van der Waals surface area contributed by atoms with Crippen molar-refractivity contribution in [2.75, 3.05) is 39.8 Å². The van der Waals surface area contributed by atoms with Crippen molar-refractivity contribution >= 4 is 22.4 Å². The van der Waals surface area contributed by atoms with Gasteiger partial charge in [0.2, 0.25) is 15.9 Å². The smallest absolute Gasteiger partial charge is 0.243 e. The summed E-state index contributed by atoms with van der Waals surface area (Å²) in [6.45, 7) is 7.05. The van der Waals surface area contributed by atoms with Gasteiger partial charge in [-0.25, -0.2) is 12.7 Å². The van der Waals surface area contributed by atoms with Crippen LogP contribution in [0.5, 0.6) is 0 Å². The fourth-order valence-electron chi connectivity index (χ4n) is 2.42. The summed E-state index contributed by atoms with van der Waals surface area (Å²) in [6, 6.07) is 0.0207. The summed E-state index contributed by atoms with van der Waals surface area (Å²) in [6.07, 6.45) is 0. The third-order valence-corrected chi connectivity index (χ3v) is 5.61. The molecule has 0 aliphatic carbocycles. The van der Waals surface area contributed by atoms with E-state index in [-0.39, 0.29) is 30.1 Å². The fraction of sp³-hybridized carbons (Fsp3) is 0.833. The summed E-state index contributed by atoms with van der Waals surface area (Å²) in [4.78, 5) is 6.38. The van der Waals surface area contributed by atoms with Crippen molar-refractivity contribution < 1.29 is 12.9 Å². The number of sulfonamides is 1. The molecule has 128 valence electrons. The number of piperazine rings is 1. The van der Waals surface area contributed by atoms with Gasteiger partial charge in [-0.3, -0.25) is 4.90 Å². The van der Waals surface area contributed by atoms with E-state index in [2.05, 4.69) is 20.4 Å². The van der Waals surface area contributed by atoms with Gasteiger partial charge >= 0.3 is 0 Å². The van der Waals surface area contributed by atoms with E-state index in [1.54, 1.807) is 0 Å². The minimum absolute atomic E-state index is 0. The summed E-state index contributed by atoms with van der Waals surface area (Å²) >= 11 is 0. The minimum Gasteiger partial charge on any atom is -0.338 e. The van der Waals surface area contributed by atoms with Crippen molar-refractivity contribution in [1.29, 1.82) is 0 Å². The van der Waals surface area contributed by atoms with E-state index in [0.29, 0.717) is 18.9 Å². The largest absolute Gasteiger partial charge is 0.338 e. The quantitative estimate of drug-likeness (QED) is 0.783. The highest BCUT2D eigenvalue weighted by atomic mass is 35.5. The number of aromatic nitrogens is 2. The minimum atomic E-state index is -3.40. The summed E-state index contributed by atoms with van der Waals surface area (Å²) < 4.78 is 30.9. The SMILES string of the molecule is CCN(CC)S(=O)(=O)Cc1nc(C2CNCCN2C)no1.Cl. The summed E-state index contributed by atoms with van der Waals surface area (Å²) in [7, 11) is -1.40. The number of hydrogen-bond acceptors (Lipinski definition) is 7. The average molecular weight is 354 g/mol. The van der Waals surface area contributed by atoms with Crippen LogP contribution < -0.4 is 5.32 Å². The Morgan fingerprint density at radius 1 is 1.41 bits per heavy atom. The van der Waals surface area contributed by atoms with Gasteiger partial charge in [0.05, 0.1) is 6.04 Å². The summed E-state index contributed by atoms with van der Waals surface area (Å²) in [5.74, 6) is 0.441. The molecule has 0 radical (unpaired) electrons. The van der Waals surface area contributed by atoms with Crippen LogP contribution in [0, 0.1) is 0 Å². The van der Waals surface area contributed by atoms with Gasteiger partial charge < -0.3 is 9.84 Å². The Balaban J connectivity index is 0.00000242. The normalized spacial score (nSPS) is 20.1. The molecule has 8 nitrogen and oxygen atoms in total. The van der Waals surface area contributed by atoms with E-state index in [9.17, 15) is 8.42 Å². The van der Waals surface area contributed by atoms with E-state index in [1.807, 2.05) is 20.9 Å². The van der Waals surface area contributed by atoms with Gasteiger partial charge in [0, 0.05) is 32.7 Å². The first-order valence-corrected chi connectivity index (χ1v) is 8.80. The third kappa shape index (κ3) is 4.39. The van der Waals surface area contributed by atoms with Crippen LogP contribution in [0.15, 0.2) is 4.52 Å². The van der Waals surface area contributed by atoms with Crippen molar-refractivity contribution in [3.63, 3.8) is 0 Å². The molecule has 22 heavy (non-hydrogen) atoms. The van der Waals surface area contributed by atoms with Crippen molar-refractivity contribution in [1.82, 2.24) is 24.7 Å². The molecule has 1 aliphatic heterocycles. The highest BCUT2D eigenvalue weighted by Crippen LogP contribution is 2.18. The second-order valence-electron chi connectivity index (χ2n) is 5.09. The molecule has 1 unspecified atom stereocenters. The van der Waals surface area contributed by atoms with Crippen LogP contribution in [-0.2, 0) is 15.8 Å². The molecule has 0 bridgehead atoms. The summed E-state index contributed by atoms with van der Waals surface area (Å²) in [5.41, 5.74) is 0. The Kier molecular flexibility index (Phi) is 7.20. The number of likely N-dealkylation sites (N-methyl/N-ethyl adjacent to an activating group) is 1. The van der Waals surface area contributed by atoms with Gasteiger partial charge in [-0.1, -0.05) is 19.0 Å². The van der Waals surface area contributed by atoms with Crippen LogP contribution >= 0.6 is 12.4 Å². The zero-order chi connectivity index (χ0) is 15.5. The molecule has 1 aromatic rings. The molecular formula is C12H24ClN5O3S. The maximum absolute atomic E-state index is 12.2. The van der Waals surface area contributed by atoms with Gasteiger partial charge in [0.25, 0.3) is 0 Å². The molecule has 1 fully saturated rings. The van der Waals surface area contributed by atoms with E-state index < -0.39 is 10.0 Å². The van der Waals surface area contributed by atoms with Crippen LogP contribution in [-0.4, -0.2) is 67.5 Å². The predicted octanol–water partition coefficient (Wildman–Crippen LogP) is 0.239. The molecule has 1 saturated heterocycles. The lowest BCUT2D eigenvalue weighted by Crippen LogP contribution is -2.44. The number of hydrogen-bond donors (Lipinski definition) is 1. The highest BCUT2D eigenvalue weighted by Gasteiger charge is 2.27.